The quantitative estimate of drug-likeness (QED) is 0.0345. The predicted molar refractivity (Wildman–Crippen MR) is 283 cm³/mol. The number of carbonyl (C=O) groups excluding carboxylic acids is 2. The maximum absolute atomic E-state index is 14.6. The first-order valence-electron chi connectivity index (χ1n) is 29.3. The van der Waals surface area contributed by atoms with Gasteiger partial charge in [-0.25, -0.2) is 4.18 Å². The molecule has 0 aromatic carbocycles. The number of methoxy groups -OCH3 is 1. The average Bonchev–Trinajstić information content (AvgIpc) is 1.47. The Morgan fingerprint density at radius 2 is 1.31 bits per heavy atom. The molecule has 5 heterocycles. The van der Waals surface area contributed by atoms with E-state index < -0.39 is 192 Å². The van der Waals surface area contributed by atoms with Crippen molar-refractivity contribution in [1.82, 2.24) is 0 Å². The van der Waals surface area contributed by atoms with Crippen LogP contribution >= 0.6 is 0 Å². The molecule has 0 amide bonds. The van der Waals surface area contributed by atoms with Gasteiger partial charge in [-0.3, -0.25) is 14.1 Å². The normalized spacial score (nSPS) is 49.4. The Morgan fingerprint density at radius 3 is 1.92 bits per heavy atom. The highest BCUT2D eigenvalue weighted by atomic mass is 32.3. The zero-order chi connectivity index (χ0) is 61.8. The summed E-state index contributed by atoms with van der Waals surface area (Å²) in [6, 6.07) is 0. The lowest BCUT2D eigenvalue weighted by Crippen LogP contribution is -2.67. The van der Waals surface area contributed by atoms with Crippen LogP contribution in [0.25, 0.3) is 0 Å². The third-order valence-corrected chi connectivity index (χ3v) is 21.5. The highest BCUT2D eigenvalue weighted by Gasteiger charge is 2.79. The van der Waals surface area contributed by atoms with Gasteiger partial charge < -0.3 is 103 Å². The fourth-order valence-electron chi connectivity index (χ4n) is 16.9. The number of allylic oxidation sites excluding steroid dienone is 1. The van der Waals surface area contributed by atoms with Gasteiger partial charge in [-0.1, -0.05) is 39.3 Å². The minimum atomic E-state index is -5.19. The van der Waals surface area contributed by atoms with Crippen LogP contribution in [0, 0.1) is 39.4 Å². The summed E-state index contributed by atoms with van der Waals surface area (Å²) in [6.45, 7) is 14.7. The van der Waals surface area contributed by atoms with Gasteiger partial charge in [-0.2, -0.15) is 8.42 Å². The largest absolute Gasteiger partial charge is 0.460 e. The van der Waals surface area contributed by atoms with Gasteiger partial charge in [-0.15, -0.1) is 0 Å². The Kier molecular flexibility index (Phi) is 19.1. The third-order valence-electron chi connectivity index (χ3n) is 21.0. The van der Waals surface area contributed by atoms with Crippen molar-refractivity contribution in [2.75, 3.05) is 26.9 Å². The molecule has 0 radical (unpaired) electrons. The minimum absolute atomic E-state index is 0.0623. The zero-order valence-electron chi connectivity index (χ0n) is 49.3. The van der Waals surface area contributed by atoms with E-state index in [1.54, 1.807) is 0 Å². The van der Waals surface area contributed by atoms with Crippen LogP contribution in [0.5, 0.6) is 0 Å². The lowest BCUT2D eigenvalue weighted by atomic mass is 9.40. The van der Waals surface area contributed by atoms with E-state index in [2.05, 4.69) is 27.7 Å². The summed E-state index contributed by atoms with van der Waals surface area (Å²) < 4.78 is 104. The van der Waals surface area contributed by atoms with Gasteiger partial charge in [0.05, 0.1) is 38.1 Å². The van der Waals surface area contributed by atoms with Gasteiger partial charge >= 0.3 is 22.3 Å². The molecule has 5 aliphatic heterocycles. The molecule has 27 nitrogen and oxygen atoms in total. The summed E-state index contributed by atoms with van der Waals surface area (Å²) in [5.74, 6) is -1.16. The van der Waals surface area contributed by atoms with E-state index in [4.69, 9.17) is 56.3 Å². The van der Waals surface area contributed by atoms with Crippen LogP contribution in [0.15, 0.2) is 11.6 Å². The van der Waals surface area contributed by atoms with Crippen molar-refractivity contribution in [3.63, 3.8) is 0 Å². The second-order valence-electron chi connectivity index (χ2n) is 26.8. The molecule has 9 rings (SSSR count). The molecule has 5 saturated heterocycles. The van der Waals surface area contributed by atoms with E-state index in [0.29, 0.717) is 57.8 Å². The van der Waals surface area contributed by atoms with Gasteiger partial charge in [0.1, 0.15) is 102 Å². The van der Waals surface area contributed by atoms with Crippen LogP contribution in [-0.2, 0) is 76.3 Å². The van der Waals surface area contributed by atoms with Crippen molar-refractivity contribution < 1.29 is 130 Å². The van der Waals surface area contributed by atoms with Gasteiger partial charge in [0.2, 0.25) is 0 Å². The highest BCUT2D eigenvalue weighted by Crippen LogP contribution is 2.76. The van der Waals surface area contributed by atoms with Crippen molar-refractivity contribution >= 4 is 22.3 Å². The topological polar surface area (TPSA) is 402 Å². The van der Waals surface area contributed by atoms with Crippen molar-refractivity contribution in [3.8, 4) is 0 Å². The Hall–Kier alpha value is -2.21. The van der Waals surface area contributed by atoms with Gasteiger partial charge in [0.15, 0.2) is 25.2 Å². The van der Waals surface area contributed by atoms with Crippen molar-refractivity contribution in [2.24, 2.45) is 39.4 Å². The molecule has 28 heteroatoms. The number of aliphatic hydroxyl groups is 10. The second-order valence-corrected chi connectivity index (χ2v) is 27.8. The molecular formula is C56H90O27S. The number of rotatable bonds is 18. The summed E-state index contributed by atoms with van der Waals surface area (Å²) in [6.07, 6.45) is -26.6. The summed E-state index contributed by atoms with van der Waals surface area (Å²) in [7, 11) is -4.01. The van der Waals surface area contributed by atoms with Crippen molar-refractivity contribution in [1.29, 1.82) is 0 Å². The molecule has 28 atom stereocenters. The fraction of sp³-hybridized carbons (Fsp3) is 0.929. The molecule has 0 aromatic heterocycles. The predicted octanol–water partition coefficient (Wildman–Crippen LogP) is -0.824. The number of esters is 2. The Morgan fingerprint density at radius 1 is 0.714 bits per heavy atom. The van der Waals surface area contributed by atoms with E-state index in [-0.39, 0.29) is 29.7 Å². The first-order valence-corrected chi connectivity index (χ1v) is 30.7. The molecule has 482 valence electrons. The smallest absolute Gasteiger partial charge is 0.397 e. The number of carbonyl (C=O) groups is 2. The highest BCUT2D eigenvalue weighted by molar-refractivity contribution is 7.80. The zero-order valence-corrected chi connectivity index (χ0v) is 50.1. The van der Waals surface area contributed by atoms with Gasteiger partial charge in [-0.05, 0) is 114 Å². The molecule has 0 bridgehead atoms. The number of cyclic esters (lactones) is 1. The Bertz CT molecular complexity index is 2500. The maximum atomic E-state index is 14.6. The van der Waals surface area contributed by atoms with Crippen LogP contribution in [0.1, 0.15) is 120 Å². The van der Waals surface area contributed by atoms with E-state index in [0.717, 1.165) is 5.57 Å². The molecule has 9 aliphatic rings. The molecule has 8 fully saturated rings. The molecule has 3 saturated carbocycles. The summed E-state index contributed by atoms with van der Waals surface area (Å²) in [5.41, 5.74) is -3.45. The molecule has 1 spiro atoms. The van der Waals surface area contributed by atoms with E-state index in [1.807, 2.05) is 26.8 Å². The number of ether oxygens (including phenoxy) is 11. The summed E-state index contributed by atoms with van der Waals surface area (Å²) >= 11 is 0. The molecular weight excluding hydrogens is 1140 g/mol. The Labute approximate surface area is 489 Å². The number of hydrogen-bond donors (Lipinski definition) is 11. The number of hydrogen-bond acceptors (Lipinski definition) is 26. The molecule has 2 unspecified atom stereocenters. The molecule has 84 heavy (non-hydrogen) atoms. The first-order chi connectivity index (χ1) is 39.1. The molecule has 4 aliphatic carbocycles. The van der Waals surface area contributed by atoms with Crippen LogP contribution in [0.3, 0.4) is 0 Å². The minimum Gasteiger partial charge on any atom is -0.460 e. The monoisotopic (exact) mass is 1230 g/mol. The standard InChI is InChI=1S/C56H90O27S/c1-24-42(78-48-41(67)44(36(62)29(22-58)76-48)79-47-40(66)43(72-10)35(61)28(21-57)75-47)38(64)39(65)46(74-24)80-45-37(63)30(83-84(69,70)71)23-73-49(45)77-34-15-18-53(7)27-20-33(60)56-32(14-19-54(56,8)26(27)12-13-31(53)52(34,5)6)55(9,82-50(56)68)17-11-16-51(3,4)81-25(2)59/h20,24,26,28-49,57-58,60-67H,11-19,21-23H2,1-10H3,(H,69,70,71)/t24-,26?,28-,29-,30-,31?,32-,33+,34+,35-,36-,37+,38-,39-,40-,41-,42-,43+,44+,45-,46+,47+,48+,49+,53-,54+,55+,56+/m1/s1. The first kappa shape index (κ1) is 66.2. The average molecular weight is 1230 g/mol. The van der Waals surface area contributed by atoms with Crippen LogP contribution in [-0.4, -0.2) is 243 Å². The number of fused-ring (bicyclic) bond motifs is 4. The molecule has 0 aromatic rings. The van der Waals surface area contributed by atoms with Gasteiger partial charge in [0, 0.05) is 20.0 Å². The summed E-state index contributed by atoms with van der Waals surface area (Å²) in [5, 5.41) is 112. The van der Waals surface area contributed by atoms with Crippen LogP contribution < -0.4 is 0 Å². The fourth-order valence-corrected chi connectivity index (χ4v) is 17.4. The second kappa shape index (κ2) is 24.2. The lowest BCUT2D eigenvalue weighted by molar-refractivity contribution is -0.389. The summed E-state index contributed by atoms with van der Waals surface area (Å²) in [4.78, 5) is 26.4. The van der Waals surface area contributed by atoms with Crippen molar-refractivity contribution in [2.45, 2.75) is 260 Å². The Balaban J connectivity index is 0.898. The third kappa shape index (κ3) is 11.5. The van der Waals surface area contributed by atoms with E-state index in [9.17, 15) is 73.6 Å². The van der Waals surface area contributed by atoms with Crippen molar-refractivity contribution in [3.05, 3.63) is 11.6 Å². The van der Waals surface area contributed by atoms with E-state index in [1.165, 1.54) is 21.0 Å². The SMILES string of the molecule is CO[C@@H]1[C@@H](O)[C@H](O[C@@H]2[C@@H](O)[C@H](O[C@H]3[C@H](O)[C@@H](O)[C@H](O[C@H]4[C@H](O[C@H]5CC[C@]6(C)C7=C[C@H](O)[C@]89C(=O)O[C@@](C)(CCCC(C)(C)OC(C)=O)[C@H]8CC[C@@]9(C)C7CCC6C5(C)C)OC[C@@H](OS(=O)(=O)O)[C@@H]4O)O[C@@H]3C)O[C@H](CO)[C@H]2O)O[C@H](CO)[C@H]1O. The maximum Gasteiger partial charge on any atom is 0.397 e. The molecule has 11 N–H and O–H groups in total. The van der Waals surface area contributed by atoms with E-state index >= 15 is 0 Å². The lowest BCUT2D eigenvalue weighted by Gasteiger charge is -2.64. The number of aliphatic hydroxyl groups excluding tert-OH is 10. The van der Waals surface area contributed by atoms with Crippen LogP contribution in [0.4, 0.5) is 0 Å². The van der Waals surface area contributed by atoms with Crippen LogP contribution in [0.2, 0.25) is 0 Å². The van der Waals surface area contributed by atoms with Gasteiger partial charge in [0.25, 0.3) is 0 Å².